The van der Waals surface area contributed by atoms with Gasteiger partial charge in [0.15, 0.2) is 4.34 Å². The Labute approximate surface area is 213 Å². The van der Waals surface area contributed by atoms with Gasteiger partial charge in [0.05, 0.1) is 23.1 Å². The van der Waals surface area contributed by atoms with Crippen molar-refractivity contribution in [1.82, 2.24) is 4.98 Å². The Hall–Kier alpha value is -1.60. The van der Waals surface area contributed by atoms with Crippen molar-refractivity contribution < 1.29 is 18.9 Å². The van der Waals surface area contributed by atoms with E-state index in [9.17, 15) is 9.59 Å². The van der Waals surface area contributed by atoms with E-state index in [1.807, 2.05) is 0 Å². The molecule has 0 radical (unpaired) electrons. The molecule has 0 saturated heterocycles. The Kier molecular flexibility index (Phi) is 13.0. The highest BCUT2D eigenvalue weighted by molar-refractivity contribution is 7.97. The van der Waals surface area contributed by atoms with Gasteiger partial charge in [-0.3, -0.25) is 9.59 Å². The molecule has 2 rings (SSSR count). The lowest BCUT2D eigenvalue weighted by Gasteiger charge is -2.21. The molecule has 0 fully saturated rings. The van der Waals surface area contributed by atoms with E-state index in [-0.39, 0.29) is 12.8 Å². The van der Waals surface area contributed by atoms with Crippen molar-refractivity contribution in [3.8, 4) is 0 Å². The lowest BCUT2D eigenvalue weighted by atomic mass is 9.85. The first-order valence-electron chi connectivity index (χ1n) is 12.9. The topological polar surface area (TPSA) is 76.5 Å². The molecular formula is C27H41NO4S2. The minimum atomic E-state index is -1.00. The van der Waals surface area contributed by atoms with Crippen LogP contribution in [0.15, 0.2) is 16.5 Å². The molecule has 1 aromatic carbocycles. The zero-order valence-corrected chi connectivity index (χ0v) is 22.9. The van der Waals surface area contributed by atoms with Crippen molar-refractivity contribution in [2.24, 2.45) is 11.8 Å². The largest absolute Gasteiger partial charge is 0.481 e. The molecule has 0 spiro atoms. The highest BCUT2D eigenvalue weighted by atomic mass is 32.2. The summed E-state index contributed by atoms with van der Waals surface area (Å²) in [7, 11) is 0. The number of fused-ring (bicyclic) bond motifs is 1. The van der Waals surface area contributed by atoms with E-state index >= 15 is 0 Å². The van der Waals surface area contributed by atoms with Crippen LogP contribution in [0.3, 0.4) is 0 Å². The number of hydrogen-bond acceptors (Lipinski definition) is 6. The molecular weight excluding hydrogens is 466 g/mol. The van der Waals surface area contributed by atoms with E-state index in [4.69, 9.17) is 14.3 Å². The van der Waals surface area contributed by atoms with Gasteiger partial charge in [-0.15, -0.1) is 11.3 Å². The normalized spacial score (nSPS) is 13.2. The number of carboxylic acids is 1. The van der Waals surface area contributed by atoms with Crippen molar-refractivity contribution in [2.45, 2.75) is 109 Å². The fourth-order valence-electron chi connectivity index (χ4n) is 4.34. The second-order valence-electron chi connectivity index (χ2n) is 9.20. The summed E-state index contributed by atoms with van der Waals surface area (Å²) >= 11 is 2.49. The molecule has 7 heteroatoms. The van der Waals surface area contributed by atoms with Gasteiger partial charge in [0.25, 0.3) is 0 Å². The van der Waals surface area contributed by atoms with Crippen LogP contribution in [0.5, 0.6) is 0 Å². The molecule has 0 aliphatic heterocycles. The summed E-state index contributed by atoms with van der Waals surface area (Å²) in [5, 5.41) is 8.75. The molecule has 0 saturated carbocycles. The summed E-state index contributed by atoms with van der Waals surface area (Å²) in [5.41, 5.74) is 3.84. The van der Waals surface area contributed by atoms with Crippen molar-refractivity contribution in [3.05, 3.63) is 23.3 Å². The summed E-state index contributed by atoms with van der Waals surface area (Å²) in [4.78, 5) is 27.4. The van der Waals surface area contributed by atoms with E-state index in [1.54, 1.807) is 0 Å². The predicted molar refractivity (Wildman–Crippen MR) is 142 cm³/mol. The summed E-state index contributed by atoms with van der Waals surface area (Å²) < 4.78 is 7.03. The molecule has 190 valence electrons. The van der Waals surface area contributed by atoms with E-state index in [0.29, 0.717) is 16.2 Å². The van der Waals surface area contributed by atoms with Crippen molar-refractivity contribution >= 4 is 45.5 Å². The van der Waals surface area contributed by atoms with Crippen LogP contribution in [0.25, 0.3) is 10.2 Å². The third-order valence-electron chi connectivity index (χ3n) is 6.58. The molecule has 0 bridgehead atoms. The Bertz CT molecular complexity index is 911. The van der Waals surface area contributed by atoms with Crippen LogP contribution in [-0.4, -0.2) is 22.0 Å². The highest BCUT2D eigenvalue weighted by Gasteiger charge is 2.20. The first-order valence-corrected chi connectivity index (χ1v) is 14.5. The standard InChI is InChI=1S/C27H41NO4S2/c1-5-9-11-19(7-3)17-21-13-14-23-26(22(21)18-20(8-4)12-10-6-2)28-27(33-23)34-32-25(31)16-15-24(29)30/h13-14,19-20H,5-12,15-18H2,1-4H3,(H,29,30). The maximum atomic E-state index is 11.9. The summed E-state index contributed by atoms with van der Waals surface area (Å²) in [5.74, 6) is -0.196. The summed E-state index contributed by atoms with van der Waals surface area (Å²) in [6.07, 6.45) is 11.6. The van der Waals surface area contributed by atoms with Crippen molar-refractivity contribution in [1.29, 1.82) is 0 Å². The number of thiazole rings is 1. The van der Waals surface area contributed by atoms with Gasteiger partial charge in [-0.05, 0) is 41.9 Å². The molecule has 2 aromatic rings. The molecule has 1 heterocycles. The number of carbonyl (C=O) groups is 2. The fourth-order valence-corrected chi connectivity index (χ4v) is 5.95. The molecule has 1 N–H and O–H groups in total. The fraction of sp³-hybridized carbons (Fsp3) is 0.667. The van der Waals surface area contributed by atoms with Gasteiger partial charge in [-0.25, -0.2) is 4.98 Å². The molecule has 5 nitrogen and oxygen atoms in total. The Morgan fingerprint density at radius 2 is 1.65 bits per heavy atom. The average molecular weight is 508 g/mol. The number of unbranched alkanes of at least 4 members (excludes halogenated alkanes) is 2. The zero-order chi connectivity index (χ0) is 24.9. The van der Waals surface area contributed by atoms with E-state index in [0.717, 1.165) is 41.5 Å². The molecule has 34 heavy (non-hydrogen) atoms. The summed E-state index contributed by atoms with van der Waals surface area (Å²) in [6.45, 7) is 9.09. The molecule has 0 aliphatic carbocycles. The minimum absolute atomic E-state index is 0.131. The monoisotopic (exact) mass is 507 g/mol. The average Bonchev–Trinajstić information content (AvgIpc) is 3.25. The Morgan fingerprint density at radius 3 is 2.24 bits per heavy atom. The molecule has 0 aliphatic rings. The number of rotatable bonds is 17. The van der Waals surface area contributed by atoms with Gasteiger partial charge in [0.2, 0.25) is 0 Å². The lowest BCUT2D eigenvalue weighted by Crippen LogP contribution is -2.10. The quantitative estimate of drug-likeness (QED) is 0.217. The van der Waals surface area contributed by atoms with Crippen LogP contribution in [0.4, 0.5) is 0 Å². The number of nitrogens with zero attached hydrogens (tertiary/aromatic N) is 1. The maximum Gasteiger partial charge on any atom is 0.318 e. The van der Waals surface area contributed by atoms with Gasteiger partial charge >= 0.3 is 11.9 Å². The smallest absolute Gasteiger partial charge is 0.318 e. The van der Waals surface area contributed by atoms with Crippen LogP contribution in [0, 0.1) is 11.8 Å². The van der Waals surface area contributed by atoms with E-state index in [1.165, 1.54) is 67.4 Å². The second kappa shape index (κ2) is 15.4. The van der Waals surface area contributed by atoms with Crippen LogP contribution >= 0.6 is 23.4 Å². The molecule has 0 amide bonds. The first kappa shape index (κ1) is 28.6. The van der Waals surface area contributed by atoms with Gasteiger partial charge in [0.1, 0.15) is 12.0 Å². The number of benzene rings is 1. The van der Waals surface area contributed by atoms with Crippen LogP contribution in [0.2, 0.25) is 0 Å². The van der Waals surface area contributed by atoms with Crippen LogP contribution < -0.4 is 0 Å². The Balaban J connectivity index is 2.29. The van der Waals surface area contributed by atoms with Gasteiger partial charge in [-0.1, -0.05) is 85.1 Å². The van der Waals surface area contributed by atoms with E-state index < -0.39 is 11.9 Å². The third kappa shape index (κ3) is 9.21. The van der Waals surface area contributed by atoms with Crippen LogP contribution in [-0.2, 0) is 26.6 Å². The van der Waals surface area contributed by atoms with Gasteiger partial charge < -0.3 is 9.29 Å². The van der Waals surface area contributed by atoms with Crippen LogP contribution in [0.1, 0.15) is 103 Å². The molecule has 2 unspecified atom stereocenters. The number of carbonyl (C=O) groups excluding carboxylic acids is 1. The van der Waals surface area contributed by atoms with Crippen molar-refractivity contribution in [3.63, 3.8) is 0 Å². The Morgan fingerprint density at radius 1 is 1.00 bits per heavy atom. The number of carboxylic acid groups (broad SMARTS) is 1. The first-order chi connectivity index (χ1) is 16.4. The maximum absolute atomic E-state index is 11.9. The minimum Gasteiger partial charge on any atom is -0.481 e. The molecule has 2 atom stereocenters. The zero-order valence-electron chi connectivity index (χ0n) is 21.2. The van der Waals surface area contributed by atoms with Gasteiger partial charge in [0, 0.05) is 0 Å². The number of hydrogen-bond donors (Lipinski definition) is 1. The predicted octanol–water partition coefficient (Wildman–Crippen LogP) is 8.23. The highest BCUT2D eigenvalue weighted by Crippen LogP contribution is 2.36. The third-order valence-corrected chi connectivity index (χ3v) is 8.35. The van der Waals surface area contributed by atoms with Gasteiger partial charge in [-0.2, -0.15) is 0 Å². The summed E-state index contributed by atoms with van der Waals surface area (Å²) in [6, 6.07) is 4.46. The number of aromatic nitrogens is 1. The second-order valence-corrected chi connectivity index (χ2v) is 11.2. The number of aliphatic carboxylic acids is 1. The SMILES string of the molecule is CCCCC(CC)Cc1ccc2sc(SOC(=O)CCC(=O)O)nc2c1CC(CC)CCCC. The van der Waals surface area contributed by atoms with Crippen molar-refractivity contribution in [2.75, 3.05) is 0 Å². The van der Waals surface area contributed by atoms with E-state index in [2.05, 4.69) is 39.8 Å². The lowest BCUT2D eigenvalue weighted by molar-refractivity contribution is -0.141. The molecule has 1 aromatic heterocycles.